The molecule has 1 aliphatic rings. The van der Waals surface area contributed by atoms with Crippen LogP contribution in [0.25, 0.3) is 0 Å². The molecule has 1 heterocycles. The summed E-state index contributed by atoms with van der Waals surface area (Å²) in [6, 6.07) is 0. The van der Waals surface area contributed by atoms with Gasteiger partial charge in [0.1, 0.15) is 6.10 Å². The van der Waals surface area contributed by atoms with Gasteiger partial charge in [0.05, 0.1) is 6.10 Å². The van der Waals surface area contributed by atoms with Crippen molar-refractivity contribution in [3.63, 3.8) is 0 Å². The fourth-order valence-corrected chi connectivity index (χ4v) is 1.71. The molecule has 0 aliphatic carbocycles. The molecule has 0 aromatic heterocycles. The van der Waals surface area contributed by atoms with E-state index >= 15 is 0 Å². The van der Waals surface area contributed by atoms with Crippen molar-refractivity contribution in [3.05, 3.63) is 0 Å². The van der Waals surface area contributed by atoms with Gasteiger partial charge in [0.2, 0.25) is 5.91 Å². The molecule has 3 N–H and O–H groups in total. The SMILES string of the molecule is CC(OC1CCNCC1(C)C)C(N)=O. The van der Waals surface area contributed by atoms with Crippen molar-refractivity contribution in [2.45, 2.75) is 39.4 Å². The number of carbonyl (C=O) groups excluding carboxylic acids is 1. The van der Waals surface area contributed by atoms with Crippen LogP contribution in [0.2, 0.25) is 0 Å². The predicted octanol–water partition coefficient (Wildman–Crippen LogP) is 0.265. The average Bonchev–Trinajstić information content (AvgIpc) is 2.08. The molecule has 2 unspecified atom stereocenters. The Hall–Kier alpha value is -0.610. The summed E-state index contributed by atoms with van der Waals surface area (Å²) in [5.74, 6) is -0.390. The summed E-state index contributed by atoms with van der Waals surface area (Å²) in [7, 11) is 0. The number of nitrogens with one attached hydrogen (secondary N) is 1. The zero-order valence-electron chi connectivity index (χ0n) is 9.17. The van der Waals surface area contributed by atoms with Crippen LogP contribution in [-0.2, 0) is 9.53 Å². The number of hydrogen-bond acceptors (Lipinski definition) is 3. The smallest absolute Gasteiger partial charge is 0.246 e. The minimum Gasteiger partial charge on any atom is -0.367 e. The number of amides is 1. The third-order valence-corrected chi connectivity index (χ3v) is 2.80. The van der Waals surface area contributed by atoms with Crippen LogP contribution in [0.3, 0.4) is 0 Å². The maximum atomic E-state index is 10.9. The molecular formula is C10H20N2O2. The van der Waals surface area contributed by atoms with E-state index < -0.39 is 6.10 Å². The van der Waals surface area contributed by atoms with Gasteiger partial charge in [-0.05, 0) is 19.9 Å². The molecule has 2 atom stereocenters. The molecule has 4 heteroatoms. The summed E-state index contributed by atoms with van der Waals surface area (Å²) >= 11 is 0. The zero-order chi connectivity index (χ0) is 10.8. The molecule has 0 aromatic rings. The number of rotatable bonds is 3. The quantitative estimate of drug-likeness (QED) is 0.687. The predicted molar refractivity (Wildman–Crippen MR) is 54.8 cm³/mol. The highest BCUT2D eigenvalue weighted by Gasteiger charge is 2.34. The lowest BCUT2D eigenvalue weighted by Crippen LogP contribution is -2.49. The van der Waals surface area contributed by atoms with Crippen molar-refractivity contribution in [3.8, 4) is 0 Å². The lowest BCUT2D eigenvalue weighted by molar-refractivity contribution is -0.139. The van der Waals surface area contributed by atoms with Crippen LogP contribution < -0.4 is 11.1 Å². The lowest BCUT2D eigenvalue weighted by Gasteiger charge is -2.39. The topological polar surface area (TPSA) is 64.3 Å². The second-order valence-corrected chi connectivity index (χ2v) is 4.62. The van der Waals surface area contributed by atoms with Crippen molar-refractivity contribution in [2.24, 2.45) is 11.1 Å². The van der Waals surface area contributed by atoms with E-state index in [1.807, 2.05) is 0 Å². The highest BCUT2D eigenvalue weighted by atomic mass is 16.5. The molecule has 0 radical (unpaired) electrons. The van der Waals surface area contributed by atoms with Crippen LogP contribution in [-0.4, -0.2) is 31.2 Å². The van der Waals surface area contributed by atoms with Gasteiger partial charge >= 0.3 is 0 Å². The summed E-state index contributed by atoms with van der Waals surface area (Å²) in [5.41, 5.74) is 5.23. The van der Waals surface area contributed by atoms with E-state index in [0.29, 0.717) is 0 Å². The second kappa shape index (κ2) is 4.28. The molecule has 1 saturated heterocycles. The summed E-state index contributed by atoms with van der Waals surface area (Å²) in [6.07, 6.45) is 0.563. The maximum absolute atomic E-state index is 10.9. The van der Waals surface area contributed by atoms with Crippen molar-refractivity contribution in [2.75, 3.05) is 13.1 Å². The minimum absolute atomic E-state index is 0.0714. The minimum atomic E-state index is -0.489. The third kappa shape index (κ3) is 2.69. The molecule has 0 aromatic carbocycles. The Labute approximate surface area is 85.2 Å². The van der Waals surface area contributed by atoms with Gasteiger partial charge in [-0.3, -0.25) is 4.79 Å². The van der Waals surface area contributed by atoms with Crippen molar-refractivity contribution < 1.29 is 9.53 Å². The van der Waals surface area contributed by atoms with E-state index in [1.54, 1.807) is 6.92 Å². The van der Waals surface area contributed by atoms with E-state index in [2.05, 4.69) is 19.2 Å². The molecule has 0 saturated carbocycles. The van der Waals surface area contributed by atoms with E-state index in [-0.39, 0.29) is 17.4 Å². The molecule has 0 spiro atoms. The number of ether oxygens (including phenoxy) is 1. The first-order valence-electron chi connectivity index (χ1n) is 5.09. The van der Waals surface area contributed by atoms with Gasteiger partial charge in [-0.2, -0.15) is 0 Å². The van der Waals surface area contributed by atoms with Gasteiger partial charge in [-0.15, -0.1) is 0 Å². The maximum Gasteiger partial charge on any atom is 0.246 e. The Kier molecular flexibility index (Phi) is 3.50. The standard InChI is InChI=1S/C10H20N2O2/c1-7(9(11)13)14-8-4-5-12-6-10(8,2)3/h7-8,12H,4-6H2,1-3H3,(H2,11,13). The fraction of sp³-hybridized carbons (Fsp3) is 0.900. The molecule has 1 amide bonds. The Balaban J connectivity index is 2.53. The first-order valence-corrected chi connectivity index (χ1v) is 5.09. The number of nitrogens with two attached hydrogens (primary N) is 1. The van der Waals surface area contributed by atoms with Crippen LogP contribution in [0, 0.1) is 5.41 Å². The van der Waals surface area contributed by atoms with E-state index in [1.165, 1.54) is 0 Å². The molecular weight excluding hydrogens is 180 g/mol. The first-order chi connectivity index (χ1) is 6.43. The molecule has 82 valence electrons. The number of hydrogen-bond donors (Lipinski definition) is 2. The number of carbonyl (C=O) groups is 1. The van der Waals surface area contributed by atoms with E-state index in [9.17, 15) is 4.79 Å². The first kappa shape index (κ1) is 11.5. The Bertz CT molecular complexity index is 216. The number of primary amides is 1. The van der Waals surface area contributed by atoms with E-state index in [4.69, 9.17) is 10.5 Å². The average molecular weight is 200 g/mol. The van der Waals surface area contributed by atoms with Gasteiger partial charge in [-0.1, -0.05) is 13.8 Å². The van der Waals surface area contributed by atoms with Gasteiger partial charge in [0.15, 0.2) is 0 Å². The highest BCUT2D eigenvalue weighted by Crippen LogP contribution is 2.28. The van der Waals surface area contributed by atoms with Gasteiger partial charge in [-0.25, -0.2) is 0 Å². The van der Waals surface area contributed by atoms with Crippen molar-refractivity contribution in [1.82, 2.24) is 5.32 Å². The van der Waals surface area contributed by atoms with Crippen LogP contribution in [0.5, 0.6) is 0 Å². The van der Waals surface area contributed by atoms with Crippen molar-refractivity contribution >= 4 is 5.91 Å². The summed E-state index contributed by atoms with van der Waals surface area (Å²) < 4.78 is 5.65. The molecule has 1 rings (SSSR count). The second-order valence-electron chi connectivity index (χ2n) is 4.62. The third-order valence-electron chi connectivity index (χ3n) is 2.80. The summed E-state index contributed by atoms with van der Waals surface area (Å²) in [6.45, 7) is 7.85. The summed E-state index contributed by atoms with van der Waals surface area (Å²) in [5, 5.41) is 3.31. The lowest BCUT2D eigenvalue weighted by atomic mass is 9.82. The van der Waals surface area contributed by atoms with Gasteiger partial charge in [0, 0.05) is 12.0 Å². The Morgan fingerprint density at radius 2 is 2.29 bits per heavy atom. The Morgan fingerprint density at radius 3 is 2.79 bits per heavy atom. The molecule has 1 aliphatic heterocycles. The molecule has 1 fully saturated rings. The fourth-order valence-electron chi connectivity index (χ4n) is 1.71. The van der Waals surface area contributed by atoms with E-state index in [0.717, 1.165) is 19.5 Å². The van der Waals surface area contributed by atoms with Crippen LogP contribution >= 0.6 is 0 Å². The highest BCUT2D eigenvalue weighted by molar-refractivity contribution is 5.78. The van der Waals surface area contributed by atoms with Crippen molar-refractivity contribution in [1.29, 1.82) is 0 Å². The zero-order valence-corrected chi connectivity index (χ0v) is 9.17. The van der Waals surface area contributed by atoms with Crippen LogP contribution in [0.1, 0.15) is 27.2 Å². The van der Waals surface area contributed by atoms with Crippen LogP contribution in [0.4, 0.5) is 0 Å². The Morgan fingerprint density at radius 1 is 1.64 bits per heavy atom. The number of piperidine rings is 1. The van der Waals surface area contributed by atoms with Gasteiger partial charge < -0.3 is 15.8 Å². The molecule has 0 bridgehead atoms. The van der Waals surface area contributed by atoms with Crippen LogP contribution in [0.15, 0.2) is 0 Å². The summed E-state index contributed by atoms with van der Waals surface area (Å²) in [4.78, 5) is 10.9. The monoisotopic (exact) mass is 200 g/mol. The molecule has 14 heavy (non-hydrogen) atoms. The normalized spacial score (nSPS) is 28.4. The largest absolute Gasteiger partial charge is 0.367 e. The van der Waals surface area contributed by atoms with Gasteiger partial charge in [0.25, 0.3) is 0 Å². The molecule has 4 nitrogen and oxygen atoms in total.